The predicted molar refractivity (Wildman–Crippen MR) is 127 cm³/mol. The average Bonchev–Trinajstić information content (AvgIpc) is 3.49. The number of hydrogen-bond acceptors (Lipinski definition) is 9. The van der Waals surface area contributed by atoms with Crippen molar-refractivity contribution < 1.29 is 47.5 Å². The van der Waals surface area contributed by atoms with Crippen LogP contribution in [-0.2, 0) is 23.3 Å². The number of rotatable bonds is 9. The Morgan fingerprint density at radius 3 is 1.97 bits per heavy atom. The standard InChI is InChI=1S/C23H21N2O10PSe/c24-20(26)15-12-37-21(25-15)19-18(35-23(28)14-9-5-2-6-10-14)17(16(33-19)11-32-36(29,30)31)34-22(27)13-7-3-1-4-8-13/h1-10,12,16-19H,11H2,(H2,24,26)(H2,29,30,31)/t16-,17-,18-,19-/m1/s1. The molecule has 4 rings (SSSR count). The van der Waals surface area contributed by atoms with Gasteiger partial charge in [-0.05, 0) is 0 Å². The minimum absolute atomic E-state index is 0.000478. The third-order valence-electron chi connectivity index (χ3n) is 5.24. The predicted octanol–water partition coefficient (Wildman–Crippen LogP) is 1.24. The second kappa shape index (κ2) is 11.5. The van der Waals surface area contributed by atoms with E-state index in [2.05, 4.69) is 9.51 Å². The molecule has 1 saturated heterocycles. The zero-order valence-electron chi connectivity index (χ0n) is 18.9. The first-order valence-corrected chi connectivity index (χ1v) is 14.1. The van der Waals surface area contributed by atoms with Gasteiger partial charge in [-0.15, -0.1) is 0 Å². The number of primary amides is 1. The summed E-state index contributed by atoms with van der Waals surface area (Å²) < 4.78 is 33.7. The zero-order valence-corrected chi connectivity index (χ0v) is 21.5. The average molecular weight is 595 g/mol. The molecular formula is C23H21N2O10PSe. The number of phosphoric ester groups is 1. The molecule has 12 nitrogen and oxygen atoms in total. The van der Waals surface area contributed by atoms with E-state index >= 15 is 0 Å². The van der Waals surface area contributed by atoms with Crippen molar-refractivity contribution in [2.45, 2.75) is 24.4 Å². The summed E-state index contributed by atoms with van der Waals surface area (Å²) in [6, 6.07) is 16.0. The number of nitrogens with zero attached hydrogens (tertiary/aromatic N) is 1. The van der Waals surface area contributed by atoms with Gasteiger partial charge in [-0.25, -0.2) is 0 Å². The summed E-state index contributed by atoms with van der Waals surface area (Å²) in [4.78, 5) is 61.6. The molecule has 1 aliphatic heterocycles. The van der Waals surface area contributed by atoms with E-state index in [0.717, 1.165) is 0 Å². The van der Waals surface area contributed by atoms with E-state index in [4.69, 9.17) is 19.9 Å². The van der Waals surface area contributed by atoms with E-state index in [1.807, 2.05) is 0 Å². The Kier molecular flexibility index (Phi) is 8.35. The molecule has 0 saturated carbocycles. The maximum absolute atomic E-state index is 13.0. The van der Waals surface area contributed by atoms with Crippen molar-refractivity contribution in [1.82, 2.24) is 4.98 Å². The maximum atomic E-state index is 13.0. The number of phosphoric acid groups is 1. The van der Waals surface area contributed by atoms with Gasteiger partial charge in [0.1, 0.15) is 0 Å². The molecule has 1 amide bonds. The number of hydrogen-bond donors (Lipinski definition) is 3. The first kappa shape index (κ1) is 26.9. The Morgan fingerprint density at radius 1 is 0.946 bits per heavy atom. The number of esters is 2. The number of carbonyl (C=O) groups is 3. The number of carbonyl (C=O) groups excluding carboxylic acids is 3. The number of amides is 1. The summed E-state index contributed by atoms with van der Waals surface area (Å²) in [7, 11) is -4.93. The van der Waals surface area contributed by atoms with E-state index in [0.29, 0.717) is 4.57 Å². The van der Waals surface area contributed by atoms with Crippen LogP contribution in [0, 0.1) is 0 Å². The van der Waals surface area contributed by atoms with Crippen LogP contribution in [0.3, 0.4) is 0 Å². The molecule has 0 unspecified atom stereocenters. The third-order valence-corrected chi connectivity index (χ3v) is 7.63. The SMILES string of the molecule is NC(=O)c1c[se]c([C@@H]2O[C@H](COP(=O)(O)O)[C@@H](OC(=O)c3ccccc3)[C@H]2OC(=O)c2ccccc2)n1. The van der Waals surface area contributed by atoms with Crippen LogP contribution in [0.5, 0.6) is 0 Å². The van der Waals surface area contributed by atoms with Gasteiger partial charge < -0.3 is 0 Å². The molecule has 0 bridgehead atoms. The zero-order chi connectivity index (χ0) is 26.6. The van der Waals surface area contributed by atoms with Crippen molar-refractivity contribution in [3.8, 4) is 0 Å². The first-order valence-electron chi connectivity index (χ1n) is 10.7. The van der Waals surface area contributed by atoms with Crippen LogP contribution in [0.4, 0.5) is 0 Å². The van der Waals surface area contributed by atoms with Crippen LogP contribution in [0.25, 0.3) is 0 Å². The molecule has 3 aromatic rings. The van der Waals surface area contributed by atoms with E-state index in [1.165, 1.54) is 29.2 Å². The number of nitrogens with two attached hydrogens (primary N) is 1. The van der Waals surface area contributed by atoms with Gasteiger partial charge in [-0.2, -0.15) is 0 Å². The van der Waals surface area contributed by atoms with Gasteiger partial charge in [0, 0.05) is 0 Å². The molecule has 2 heterocycles. The topological polar surface area (TPSA) is 185 Å². The van der Waals surface area contributed by atoms with Crippen LogP contribution in [0.2, 0.25) is 0 Å². The van der Waals surface area contributed by atoms with Gasteiger partial charge in [0.15, 0.2) is 0 Å². The van der Waals surface area contributed by atoms with Crippen LogP contribution < -0.4 is 5.73 Å². The molecule has 4 atom stereocenters. The summed E-state index contributed by atoms with van der Waals surface area (Å²) in [5.74, 6) is -2.31. The fraction of sp³-hybridized carbons (Fsp3) is 0.217. The third kappa shape index (κ3) is 6.79. The van der Waals surface area contributed by atoms with Crippen LogP contribution in [-0.4, -0.2) is 72.0 Å². The normalized spacial score (nSPS) is 21.4. The summed E-state index contributed by atoms with van der Waals surface area (Å²) in [6.45, 7) is -0.691. The van der Waals surface area contributed by atoms with E-state index < -0.39 is 71.2 Å². The van der Waals surface area contributed by atoms with Gasteiger partial charge in [-0.1, -0.05) is 0 Å². The quantitative estimate of drug-likeness (QED) is 0.184. The Hall–Kier alpha value is -3.15. The van der Waals surface area contributed by atoms with Crippen molar-refractivity contribution >= 4 is 40.2 Å². The Morgan fingerprint density at radius 2 is 1.49 bits per heavy atom. The number of ether oxygens (including phenoxy) is 3. The van der Waals surface area contributed by atoms with Gasteiger partial charge in [0.05, 0.1) is 0 Å². The van der Waals surface area contributed by atoms with Gasteiger partial charge in [0.25, 0.3) is 0 Å². The summed E-state index contributed by atoms with van der Waals surface area (Å²) in [5.41, 5.74) is 5.72. The van der Waals surface area contributed by atoms with Gasteiger partial charge in [-0.3, -0.25) is 0 Å². The minimum atomic E-state index is -4.93. The number of aromatic nitrogens is 1. The fourth-order valence-corrected chi connectivity index (χ4v) is 5.74. The van der Waals surface area contributed by atoms with Gasteiger partial charge in [0.2, 0.25) is 0 Å². The van der Waals surface area contributed by atoms with Crippen molar-refractivity contribution in [1.29, 1.82) is 0 Å². The molecule has 194 valence electrons. The van der Waals surface area contributed by atoms with Crippen molar-refractivity contribution in [2.24, 2.45) is 5.73 Å². The van der Waals surface area contributed by atoms with Crippen molar-refractivity contribution in [3.63, 3.8) is 0 Å². The monoisotopic (exact) mass is 596 g/mol. The molecule has 4 N–H and O–H groups in total. The van der Waals surface area contributed by atoms with E-state index in [9.17, 15) is 28.7 Å². The van der Waals surface area contributed by atoms with E-state index in [1.54, 1.807) is 36.4 Å². The molecule has 1 fully saturated rings. The van der Waals surface area contributed by atoms with E-state index in [-0.39, 0.29) is 16.8 Å². The van der Waals surface area contributed by atoms with Crippen molar-refractivity contribution in [3.05, 3.63) is 87.0 Å². The molecule has 2 aromatic carbocycles. The van der Waals surface area contributed by atoms with Gasteiger partial charge >= 0.3 is 216 Å². The first-order chi connectivity index (χ1) is 17.6. The molecule has 14 heteroatoms. The molecule has 0 aliphatic carbocycles. The van der Waals surface area contributed by atoms with Crippen LogP contribution in [0.1, 0.15) is 41.9 Å². The number of benzene rings is 2. The molecule has 1 aromatic heterocycles. The molecule has 0 spiro atoms. The van der Waals surface area contributed by atoms with Crippen LogP contribution >= 0.6 is 7.82 Å². The summed E-state index contributed by atoms with van der Waals surface area (Å²) >= 11 is -0.528. The Bertz CT molecular complexity index is 1310. The molecule has 0 radical (unpaired) electrons. The summed E-state index contributed by atoms with van der Waals surface area (Å²) in [5, 5.41) is 0. The van der Waals surface area contributed by atoms with Crippen LogP contribution in [0.15, 0.2) is 65.6 Å². The molecule has 1 aliphatic rings. The summed E-state index contributed by atoms with van der Waals surface area (Å²) in [6.07, 6.45) is -4.99. The van der Waals surface area contributed by atoms with Crippen molar-refractivity contribution in [2.75, 3.05) is 6.61 Å². The molecular weight excluding hydrogens is 574 g/mol. The second-order valence-electron chi connectivity index (χ2n) is 7.79. The molecule has 37 heavy (non-hydrogen) atoms. The Labute approximate surface area is 216 Å². The second-order valence-corrected chi connectivity index (χ2v) is 10.9. The fourth-order valence-electron chi connectivity index (χ4n) is 3.57. The Balaban J connectivity index is 1.70.